The zero-order chi connectivity index (χ0) is 14.3. The molecule has 0 unspecified atom stereocenters. The fourth-order valence-corrected chi connectivity index (χ4v) is 3.33. The SMILES string of the molecule is Br.CC1=C(C(=O)c2ccc([N+](=O)[O-])cc2)SC2=NCCN21. The average molecular weight is 370 g/mol. The van der Waals surface area contributed by atoms with Crippen LogP contribution in [0.2, 0.25) is 0 Å². The standard InChI is InChI=1S/C13H11N3O3S.BrH/c1-8-12(20-13-14-6-7-15(8)13)11(17)9-2-4-10(5-3-9)16(18)19;/h2-5H,6-7H2,1H3;1H. The number of hydrogen-bond acceptors (Lipinski definition) is 6. The van der Waals surface area contributed by atoms with Gasteiger partial charge in [0.1, 0.15) is 0 Å². The summed E-state index contributed by atoms with van der Waals surface area (Å²) in [6.07, 6.45) is 0. The van der Waals surface area contributed by atoms with Crippen LogP contribution in [0.4, 0.5) is 5.69 Å². The zero-order valence-corrected chi connectivity index (χ0v) is 13.6. The number of ketones is 1. The summed E-state index contributed by atoms with van der Waals surface area (Å²) in [6, 6.07) is 5.68. The molecule has 1 aromatic rings. The molecule has 110 valence electrons. The van der Waals surface area contributed by atoms with E-state index < -0.39 is 4.92 Å². The number of allylic oxidation sites excluding steroid dienone is 2. The van der Waals surface area contributed by atoms with Crippen molar-refractivity contribution in [3.63, 3.8) is 0 Å². The fourth-order valence-electron chi connectivity index (χ4n) is 2.19. The normalized spacial score (nSPS) is 16.4. The van der Waals surface area contributed by atoms with E-state index in [-0.39, 0.29) is 28.5 Å². The Morgan fingerprint density at radius 2 is 2.05 bits per heavy atom. The predicted octanol–water partition coefficient (Wildman–Crippen LogP) is 3.01. The molecule has 0 fully saturated rings. The molecule has 0 amide bonds. The van der Waals surface area contributed by atoms with Gasteiger partial charge in [0.25, 0.3) is 5.69 Å². The van der Waals surface area contributed by atoms with Crippen LogP contribution in [0.15, 0.2) is 39.9 Å². The number of Topliss-reactive ketones (excluding diaryl/α,β-unsaturated/α-hetero) is 1. The Bertz CT molecular complexity index is 670. The molecule has 0 saturated carbocycles. The molecule has 3 rings (SSSR count). The third-order valence-electron chi connectivity index (χ3n) is 3.27. The molecular weight excluding hydrogens is 358 g/mol. The van der Waals surface area contributed by atoms with E-state index in [2.05, 4.69) is 4.99 Å². The van der Waals surface area contributed by atoms with Gasteiger partial charge in [-0.3, -0.25) is 19.9 Å². The summed E-state index contributed by atoms with van der Waals surface area (Å²) in [6.45, 7) is 3.48. The van der Waals surface area contributed by atoms with E-state index in [1.54, 1.807) is 0 Å². The zero-order valence-electron chi connectivity index (χ0n) is 11.1. The number of halogens is 1. The van der Waals surface area contributed by atoms with Gasteiger partial charge in [-0.15, -0.1) is 17.0 Å². The van der Waals surface area contributed by atoms with Crippen molar-refractivity contribution >= 4 is 45.4 Å². The lowest BCUT2D eigenvalue weighted by atomic mass is 10.1. The summed E-state index contributed by atoms with van der Waals surface area (Å²) < 4.78 is 0. The molecule has 2 heterocycles. The van der Waals surface area contributed by atoms with E-state index >= 15 is 0 Å². The van der Waals surface area contributed by atoms with Crippen LogP contribution in [0, 0.1) is 10.1 Å². The van der Waals surface area contributed by atoms with Gasteiger partial charge in [0.2, 0.25) is 5.78 Å². The summed E-state index contributed by atoms with van der Waals surface area (Å²) in [5.41, 5.74) is 1.35. The van der Waals surface area contributed by atoms with Crippen molar-refractivity contribution in [1.29, 1.82) is 0 Å². The molecule has 6 nitrogen and oxygen atoms in total. The van der Waals surface area contributed by atoms with E-state index in [1.807, 2.05) is 11.8 Å². The first-order valence-electron chi connectivity index (χ1n) is 6.08. The third-order valence-corrected chi connectivity index (χ3v) is 4.49. The molecule has 2 aliphatic rings. The van der Waals surface area contributed by atoms with Crippen LogP contribution in [-0.2, 0) is 0 Å². The highest BCUT2D eigenvalue weighted by atomic mass is 79.9. The van der Waals surface area contributed by atoms with Crippen LogP contribution in [0.5, 0.6) is 0 Å². The van der Waals surface area contributed by atoms with Gasteiger partial charge in [0.05, 0.1) is 16.4 Å². The molecule has 0 atom stereocenters. The topological polar surface area (TPSA) is 75.8 Å². The molecule has 0 N–H and O–H groups in total. The highest BCUT2D eigenvalue weighted by Gasteiger charge is 2.33. The van der Waals surface area contributed by atoms with Gasteiger partial charge in [-0.25, -0.2) is 0 Å². The number of carbonyl (C=O) groups is 1. The minimum atomic E-state index is -0.478. The van der Waals surface area contributed by atoms with E-state index in [4.69, 9.17) is 0 Å². The lowest BCUT2D eigenvalue weighted by Gasteiger charge is -2.11. The molecule has 8 heteroatoms. The van der Waals surface area contributed by atoms with Crippen molar-refractivity contribution in [2.75, 3.05) is 13.1 Å². The Kier molecular flexibility index (Phi) is 4.48. The molecule has 2 aliphatic heterocycles. The number of thioether (sulfide) groups is 1. The Morgan fingerprint density at radius 1 is 1.38 bits per heavy atom. The Balaban J connectivity index is 0.00000161. The smallest absolute Gasteiger partial charge is 0.269 e. The van der Waals surface area contributed by atoms with Gasteiger partial charge in [-0.1, -0.05) is 0 Å². The summed E-state index contributed by atoms with van der Waals surface area (Å²) in [5.74, 6) is -0.112. The van der Waals surface area contributed by atoms with E-state index in [0.29, 0.717) is 10.5 Å². The van der Waals surface area contributed by atoms with Crippen molar-refractivity contribution in [2.24, 2.45) is 4.99 Å². The molecule has 21 heavy (non-hydrogen) atoms. The minimum Gasteiger partial charge on any atom is -0.322 e. The summed E-state index contributed by atoms with van der Waals surface area (Å²) in [4.78, 5) is 29.6. The number of non-ortho nitro benzene ring substituents is 1. The number of nitrogens with zero attached hydrogens (tertiary/aromatic N) is 3. The number of amidine groups is 1. The molecule has 0 saturated heterocycles. The largest absolute Gasteiger partial charge is 0.322 e. The monoisotopic (exact) mass is 369 g/mol. The molecular formula is C13H12BrN3O3S. The number of fused-ring (bicyclic) bond motifs is 1. The Labute approximate surface area is 135 Å². The number of rotatable bonds is 3. The number of nitro groups is 1. The van der Waals surface area contributed by atoms with Crippen LogP contribution in [-0.4, -0.2) is 33.9 Å². The summed E-state index contributed by atoms with van der Waals surface area (Å²) in [7, 11) is 0. The predicted molar refractivity (Wildman–Crippen MR) is 87.0 cm³/mol. The highest BCUT2D eigenvalue weighted by molar-refractivity contribution is 8.93. The van der Waals surface area contributed by atoms with E-state index in [9.17, 15) is 14.9 Å². The number of aliphatic imine (C=N–C) groups is 1. The second-order valence-corrected chi connectivity index (χ2v) is 5.44. The first-order valence-corrected chi connectivity index (χ1v) is 6.89. The quantitative estimate of drug-likeness (QED) is 0.465. The van der Waals surface area contributed by atoms with Gasteiger partial charge >= 0.3 is 0 Å². The van der Waals surface area contributed by atoms with Gasteiger partial charge in [-0.2, -0.15) is 0 Å². The first kappa shape index (κ1) is 15.7. The van der Waals surface area contributed by atoms with Crippen LogP contribution < -0.4 is 0 Å². The number of carbonyl (C=O) groups excluding carboxylic acids is 1. The second-order valence-electron chi connectivity index (χ2n) is 4.47. The van der Waals surface area contributed by atoms with Gasteiger partial charge in [-0.05, 0) is 30.8 Å². The molecule has 0 aromatic heterocycles. The molecule has 1 aromatic carbocycles. The Morgan fingerprint density at radius 3 is 2.62 bits per heavy atom. The maximum atomic E-state index is 12.4. The number of hydrogen-bond donors (Lipinski definition) is 0. The fraction of sp³-hybridized carbons (Fsp3) is 0.231. The molecule has 0 radical (unpaired) electrons. The summed E-state index contributed by atoms with van der Waals surface area (Å²) >= 11 is 1.37. The maximum Gasteiger partial charge on any atom is 0.269 e. The molecule has 0 spiro atoms. The first-order chi connectivity index (χ1) is 9.58. The van der Waals surface area contributed by atoms with E-state index in [0.717, 1.165) is 24.0 Å². The maximum absolute atomic E-state index is 12.4. The number of nitro benzene ring substituents is 1. The van der Waals surface area contributed by atoms with Crippen LogP contribution in [0.3, 0.4) is 0 Å². The summed E-state index contributed by atoms with van der Waals surface area (Å²) in [5, 5.41) is 11.5. The van der Waals surface area contributed by atoms with Gasteiger partial charge in [0.15, 0.2) is 5.17 Å². The van der Waals surface area contributed by atoms with Crippen molar-refractivity contribution in [3.8, 4) is 0 Å². The lowest BCUT2D eigenvalue weighted by Crippen LogP contribution is -2.19. The van der Waals surface area contributed by atoms with Crippen molar-refractivity contribution in [2.45, 2.75) is 6.92 Å². The third kappa shape index (κ3) is 2.73. The van der Waals surface area contributed by atoms with Crippen molar-refractivity contribution in [3.05, 3.63) is 50.5 Å². The van der Waals surface area contributed by atoms with Crippen molar-refractivity contribution in [1.82, 2.24) is 4.90 Å². The number of benzene rings is 1. The van der Waals surface area contributed by atoms with E-state index in [1.165, 1.54) is 36.0 Å². The van der Waals surface area contributed by atoms with Gasteiger partial charge < -0.3 is 4.90 Å². The molecule has 0 bridgehead atoms. The van der Waals surface area contributed by atoms with Crippen molar-refractivity contribution < 1.29 is 9.72 Å². The second kappa shape index (κ2) is 5.98. The molecule has 0 aliphatic carbocycles. The minimum absolute atomic E-state index is 0. The van der Waals surface area contributed by atoms with Gasteiger partial charge in [0, 0.05) is 29.9 Å². The Hall–Kier alpha value is -1.67. The van der Waals surface area contributed by atoms with Crippen LogP contribution in [0.1, 0.15) is 17.3 Å². The van der Waals surface area contributed by atoms with Crippen LogP contribution >= 0.6 is 28.7 Å². The lowest BCUT2D eigenvalue weighted by molar-refractivity contribution is -0.384. The van der Waals surface area contributed by atoms with Crippen LogP contribution in [0.25, 0.3) is 0 Å². The average Bonchev–Trinajstić information content (AvgIpc) is 3.02. The highest BCUT2D eigenvalue weighted by Crippen LogP contribution is 2.38.